The standard InChI is InChI=1S/C14H26N2O4/c1-10(13(17)18)9-16(3)14(19)15-11(2)8-12-4-6-20-7-5-12/h10-12H,4-9H2,1-3H3,(H,15,19)(H,17,18). The van der Waals surface area contributed by atoms with E-state index in [1.165, 1.54) is 4.90 Å². The molecule has 0 aromatic carbocycles. The lowest BCUT2D eigenvalue weighted by molar-refractivity contribution is -0.141. The lowest BCUT2D eigenvalue weighted by Gasteiger charge is -2.27. The van der Waals surface area contributed by atoms with Gasteiger partial charge in [0.25, 0.3) is 0 Å². The predicted octanol–water partition coefficient (Wildman–Crippen LogP) is 1.55. The van der Waals surface area contributed by atoms with Gasteiger partial charge in [0, 0.05) is 32.8 Å². The van der Waals surface area contributed by atoms with Crippen molar-refractivity contribution in [1.29, 1.82) is 0 Å². The van der Waals surface area contributed by atoms with Crippen molar-refractivity contribution < 1.29 is 19.4 Å². The fourth-order valence-electron chi connectivity index (χ4n) is 2.43. The highest BCUT2D eigenvalue weighted by Gasteiger charge is 2.21. The van der Waals surface area contributed by atoms with E-state index in [0.29, 0.717) is 5.92 Å². The first-order chi connectivity index (χ1) is 9.40. The minimum atomic E-state index is -0.889. The number of carboxylic acid groups (broad SMARTS) is 1. The van der Waals surface area contributed by atoms with Crippen LogP contribution in [0.1, 0.15) is 33.1 Å². The molecule has 1 aliphatic heterocycles. The van der Waals surface area contributed by atoms with Gasteiger partial charge in [-0.2, -0.15) is 0 Å². The zero-order valence-electron chi connectivity index (χ0n) is 12.6. The van der Waals surface area contributed by atoms with Gasteiger partial charge < -0.3 is 20.1 Å². The molecule has 6 nitrogen and oxygen atoms in total. The zero-order valence-corrected chi connectivity index (χ0v) is 12.6. The molecule has 0 aromatic heterocycles. The van der Waals surface area contributed by atoms with Crippen molar-refractivity contribution in [2.75, 3.05) is 26.8 Å². The molecule has 1 aliphatic rings. The van der Waals surface area contributed by atoms with E-state index in [-0.39, 0.29) is 18.6 Å². The van der Waals surface area contributed by atoms with Crippen molar-refractivity contribution >= 4 is 12.0 Å². The monoisotopic (exact) mass is 286 g/mol. The Labute approximate surface area is 120 Å². The molecule has 116 valence electrons. The first-order valence-electron chi connectivity index (χ1n) is 7.22. The van der Waals surface area contributed by atoms with E-state index in [2.05, 4.69) is 5.32 Å². The maximum absolute atomic E-state index is 12.0. The molecule has 1 heterocycles. The van der Waals surface area contributed by atoms with Gasteiger partial charge >= 0.3 is 12.0 Å². The Morgan fingerprint density at radius 1 is 1.35 bits per heavy atom. The molecule has 0 aromatic rings. The summed E-state index contributed by atoms with van der Waals surface area (Å²) in [4.78, 5) is 24.2. The third kappa shape index (κ3) is 5.77. The van der Waals surface area contributed by atoms with Crippen molar-refractivity contribution in [1.82, 2.24) is 10.2 Å². The van der Waals surface area contributed by atoms with Crippen LogP contribution in [0.3, 0.4) is 0 Å². The molecule has 0 radical (unpaired) electrons. The van der Waals surface area contributed by atoms with Crippen LogP contribution in [0.4, 0.5) is 4.79 Å². The van der Waals surface area contributed by atoms with Crippen molar-refractivity contribution in [2.24, 2.45) is 11.8 Å². The summed E-state index contributed by atoms with van der Waals surface area (Å²) in [5.74, 6) is -0.848. The Morgan fingerprint density at radius 2 is 1.95 bits per heavy atom. The summed E-state index contributed by atoms with van der Waals surface area (Å²) in [5.41, 5.74) is 0. The van der Waals surface area contributed by atoms with E-state index in [1.54, 1.807) is 14.0 Å². The van der Waals surface area contributed by atoms with Crippen molar-refractivity contribution in [3.05, 3.63) is 0 Å². The maximum atomic E-state index is 12.0. The van der Waals surface area contributed by atoms with E-state index >= 15 is 0 Å². The number of carbonyl (C=O) groups is 2. The number of hydrogen-bond donors (Lipinski definition) is 2. The Bertz CT molecular complexity index is 329. The SMILES string of the molecule is CC(CC1CCOCC1)NC(=O)N(C)CC(C)C(=O)O. The Morgan fingerprint density at radius 3 is 2.50 bits per heavy atom. The van der Waals surface area contributed by atoms with Gasteiger partial charge in [-0.05, 0) is 32.1 Å². The van der Waals surface area contributed by atoms with E-state index in [9.17, 15) is 9.59 Å². The fourth-order valence-corrected chi connectivity index (χ4v) is 2.43. The number of carboxylic acids is 1. The summed E-state index contributed by atoms with van der Waals surface area (Å²) in [6.07, 6.45) is 3.04. The van der Waals surface area contributed by atoms with Gasteiger partial charge in [-0.3, -0.25) is 4.79 Å². The molecule has 1 rings (SSSR count). The van der Waals surface area contributed by atoms with Crippen LogP contribution in [0.25, 0.3) is 0 Å². The normalized spacial score (nSPS) is 19.1. The maximum Gasteiger partial charge on any atom is 0.317 e. The third-order valence-electron chi connectivity index (χ3n) is 3.71. The smallest absolute Gasteiger partial charge is 0.317 e. The van der Waals surface area contributed by atoms with E-state index in [4.69, 9.17) is 9.84 Å². The largest absolute Gasteiger partial charge is 0.481 e. The summed E-state index contributed by atoms with van der Waals surface area (Å²) in [5, 5.41) is 11.8. The highest BCUT2D eigenvalue weighted by Crippen LogP contribution is 2.20. The molecule has 0 aliphatic carbocycles. The first kappa shape index (κ1) is 16.8. The molecule has 2 unspecified atom stereocenters. The Balaban J connectivity index is 2.30. The van der Waals surface area contributed by atoms with Gasteiger partial charge in [-0.25, -0.2) is 4.79 Å². The highest BCUT2D eigenvalue weighted by atomic mass is 16.5. The molecular formula is C14H26N2O4. The predicted molar refractivity (Wildman–Crippen MR) is 75.6 cm³/mol. The second kappa shape index (κ2) is 8.09. The van der Waals surface area contributed by atoms with Crippen LogP contribution < -0.4 is 5.32 Å². The van der Waals surface area contributed by atoms with E-state index in [1.807, 2.05) is 6.92 Å². The summed E-state index contributed by atoms with van der Waals surface area (Å²) < 4.78 is 5.32. The Hall–Kier alpha value is -1.30. The number of rotatable bonds is 6. The average Bonchev–Trinajstić information content (AvgIpc) is 2.39. The number of amides is 2. The number of urea groups is 1. The van der Waals surface area contributed by atoms with Crippen LogP contribution in [-0.2, 0) is 9.53 Å². The summed E-state index contributed by atoms with van der Waals surface area (Å²) in [6, 6.07) is -0.120. The molecule has 2 N–H and O–H groups in total. The van der Waals surface area contributed by atoms with Crippen molar-refractivity contribution in [3.8, 4) is 0 Å². The van der Waals surface area contributed by atoms with Crippen LogP contribution in [0.5, 0.6) is 0 Å². The van der Waals surface area contributed by atoms with Crippen molar-refractivity contribution in [2.45, 2.75) is 39.2 Å². The minimum absolute atomic E-state index is 0.0909. The molecule has 2 atom stereocenters. The van der Waals surface area contributed by atoms with Gasteiger partial charge in [0.2, 0.25) is 0 Å². The van der Waals surface area contributed by atoms with Crippen LogP contribution in [-0.4, -0.2) is 54.9 Å². The summed E-state index contributed by atoms with van der Waals surface area (Å²) in [6.45, 7) is 5.41. The lowest BCUT2D eigenvalue weighted by Crippen LogP contribution is -2.45. The molecule has 0 saturated carbocycles. The summed E-state index contributed by atoms with van der Waals surface area (Å²) >= 11 is 0. The first-order valence-corrected chi connectivity index (χ1v) is 7.22. The van der Waals surface area contributed by atoms with Crippen LogP contribution in [0.2, 0.25) is 0 Å². The topological polar surface area (TPSA) is 78.9 Å². The van der Waals surface area contributed by atoms with Gasteiger partial charge in [-0.1, -0.05) is 6.92 Å². The number of aliphatic carboxylic acids is 1. The number of carbonyl (C=O) groups excluding carboxylic acids is 1. The molecule has 20 heavy (non-hydrogen) atoms. The van der Waals surface area contributed by atoms with Crippen LogP contribution in [0.15, 0.2) is 0 Å². The van der Waals surface area contributed by atoms with Gasteiger partial charge in [0.15, 0.2) is 0 Å². The average molecular weight is 286 g/mol. The molecule has 2 amide bonds. The zero-order chi connectivity index (χ0) is 15.1. The van der Waals surface area contributed by atoms with Gasteiger partial charge in [0.05, 0.1) is 5.92 Å². The number of ether oxygens (including phenoxy) is 1. The number of nitrogens with one attached hydrogen (secondary N) is 1. The molecule has 6 heteroatoms. The molecule has 1 fully saturated rings. The quantitative estimate of drug-likeness (QED) is 0.776. The highest BCUT2D eigenvalue weighted by molar-refractivity contribution is 5.75. The van der Waals surface area contributed by atoms with Gasteiger partial charge in [0.1, 0.15) is 0 Å². The van der Waals surface area contributed by atoms with Crippen molar-refractivity contribution in [3.63, 3.8) is 0 Å². The molecular weight excluding hydrogens is 260 g/mol. The second-order valence-corrected chi connectivity index (χ2v) is 5.76. The molecule has 0 spiro atoms. The third-order valence-corrected chi connectivity index (χ3v) is 3.71. The van der Waals surface area contributed by atoms with E-state index < -0.39 is 11.9 Å². The molecule has 1 saturated heterocycles. The van der Waals surface area contributed by atoms with Crippen LogP contribution in [0, 0.1) is 11.8 Å². The minimum Gasteiger partial charge on any atom is -0.481 e. The molecule has 0 bridgehead atoms. The summed E-state index contributed by atoms with van der Waals surface area (Å²) in [7, 11) is 1.62. The lowest BCUT2D eigenvalue weighted by atomic mass is 9.93. The van der Waals surface area contributed by atoms with Crippen LogP contribution >= 0.6 is 0 Å². The Kier molecular flexibility index (Phi) is 6.78. The fraction of sp³-hybridized carbons (Fsp3) is 0.857. The van der Waals surface area contributed by atoms with Gasteiger partial charge in [-0.15, -0.1) is 0 Å². The van der Waals surface area contributed by atoms with E-state index in [0.717, 1.165) is 32.5 Å². The number of hydrogen-bond acceptors (Lipinski definition) is 3. The number of nitrogens with zero attached hydrogens (tertiary/aromatic N) is 1. The second-order valence-electron chi connectivity index (χ2n) is 5.76.